The second-order valence-corrected chi connectivity index (χ2v) is 3.17. The molecule has 3 heteroatoms. The first kappa shape index (κ1) is 9.26. The molecule has 1 atom stereocenters. The van der Waals surface area contributed by atoms with Crippen LogP contribution in [0.4, 0.5) is 0 Å². The Morgan fingerprint density at radius 2 is 2.33 bits per heavy atom. The molecule has 1 fully saturated rings. The van der Waals surface area contributed by atoms with Crippen LogP contribution in [0, 0.1) is 0 Å². The third-order valence-corrected chi connectivity index (χ3v) is 2.19. The lowest BCUT2D eigenvalue weighted by Crippen LogP contribution is -2.19. The molecular formula is C9H14O3. The fourth-order valence-corrected chi connectivity index (χ4v) is 1.38. The van der Waals surface area contributed by atoms with Gasteiger partial charge in [-0.05, 0) is 26.7 Å². The van der Waals surface area contributed by atoms with E-state index in [1.807, 2.05) is 6.92 Å². The van der Waals surface area contributed by atoms with Gasteiger partial charge in [0.1, 0.15) is 0 Å². The zero-order valence-electron chi connectivity index (χ0n) is 7.46. The number of ether oxygens (including phenoxy) is 1. The Hall–Kier alpha value is -0.830. The Balaban J connectivity index is 2.72. The van der Waals surface area contributed by atoms with Crippen molar-refractivity contribution in [1.82, 2.24) is 0 Å². The molecule has 0 radical (unpaired) electrons. The molecule has 0 aliphatic carbocycles. The first-order valence-corrected chi connectivity index (χ1v) is 4.14. The number of hydrogen-bond acceptors (Lipinski definition) is 2. The summed E-state index contributed by atoms with van der Waals surface area (Å²) in [5.41, 5.74) is 1.52. The van der Waals surface area contributed by atoms with Crippen molar-refractivity contribution < 1.29 is 14.6 Å². The molecule has 1 unspecified atom stereocenters. The van der Waals surface area contributed by atoms with Gasteiger partial charge in [0.15, 0.2) is 0 Å². The zero-order chi connectivity index (χ0) is 9.14. The fraction of sp³-hybridized carbons (Fsp3) is 0.667. The smallest absolute Gasteiger partial charge is 0.331 e. The minimum absolute atomic E-state index is 0.169. The van der Waals surface area contributed by atoms with Crippen molar-refractivity contribution in [3.63, 3.8) is 0 Å². The molecule has 12 heavy (non-hydrogen) atoms. The van der Waals surface area contributed by atoms with Gasteiger partial charge in [-0.2, -0.15) is 0 Å². The normalized spacial score (nSPS) is 28.3. The summed E-state index contributed by atoms with van der Waals surface area (Å²) in [5.74, 6) is -0.806. The number of carboxylic acids is 1. The molecule has 0 aromatic rings. The van der Waals surface area contributed by atoms with Crippen molar-refractivity contribution in [2.75, 3.05) is 6.61 Å². The van der Waals surface area contributed by atoms with Gasteiger partial charge in [-0.15, -0.1) is 0 Å². The average molecular weight is 170 g/mol. The van der Waals surface area contributed by atoms with Crippen LogP contribution in [0.5, 0.6) is 0 Å². The quantitative estimate of drug-likeness (QED) is 0.608. The number of rotatable bonds is 1. The predicted molar refractivity (Wildman–Crippen MR) is 45.0 cm³/mol. The van der Waals surface area contributed by atoms with Crippen molar-refractivity contribution in [3.05, 3.63) is 11.1 Å². The Kier molecular flexibility index (Phi) is 2.87. The van der Waals surface area contributed by atoms with Crippen LogP contribution in [0.2, 0.25) is 0 Å². The number of carboxylic acid groups (broad SMARTS) is 1. The van der Waals surface area contributed by atoms with Crippen molar-refractivity contribution >= 4 is 5.97 Å². The molecule has 1 N–H and O–H groups in total. The molecule has 1 heterocycles. The summed E-state index contributed by atoms with van der Waals surface area (Å²) in [5, 5.41) is 8.72. The standard InChI is InChI=1S/C9H14O3/c1-6-5-8(3-4-12-6)7(2)9(10)11/h6H,3-5H2,1-2H3,(H,10,11). The Labute approximate surface area is 72.0 Å². The molecule has 1 rings (SSSR count). The number of hydrogen-bond donors (Lipinski definition) is 1. The van der Waals surface area contributed by atoms with E-state index in [1.54, 1.807) is 6.92 Å². The highest BCUT2D eigenvalue weighted by Gasteiger charge is 2.17. The summed E-state index contributed by atoms with van der Waals surface area (Å²) < 4.78 is 5.31. The third kappa shape index (κ3) is 2.08. The van der Waals surface area contributed by atoms with Crippen LogP contribution in [0.1, 0.15) is 26.7 Å². The second kappa shape index (κ2) is 3.72. The van der Waals surface area contributed by atoms with Crippen molar-refractivity contribution in [2.24, 2.45) is 0 Å². The van der Waals surface area contributed by atoms with Crippen LogP contribution in [-0.4, -0.2) is 23.8 Å². The van der Waals surface area contributed by atoms with Gasteiger partial charge in [0, 0.05) is 5.57 Å². The summed E-state index contributed by atoms with van der Waals surface area (Å²) in [4.78, 5) is 10.6. The van der Waals surface area contributed by atoms with Gasteiger partial charge in [0.2, 0.25) is 0 Å². The SMILES string of the molecule is CC(C(=O)O)=C1CCOC(C)C1. The lowest BCUT2D eigenvalue weighted by molar-refractivity contribution is -0.132. The van der Waals surface area contributed by atoms with Gasteiger partial charge in [-0.1, -0.05) is 5.57 Å². The van der Waals surface area contributed by atoms with Crippen molar-refractivity contribution in [2.45, 2.75) is 32.8 Å². The van der Waals surface area contributed by atoms with Crippen molar-refractivity contribution in [1.29, 1.82) is 0 Å². The molecule has 1 saturated heterocycles. The van der Waals surface area contributed by atoms with Gasteiger partial charge >= 0.3 is 5.97 Å². The summed E-state index contributed by atoms with van der Waals surface area (Å²) in [6.07, 6.45) is 1.70. The molecule has 0 saturated carbocycles. The molecule has 1 aliphatic heterocycles. The largest absolute Gasteiger partial charge is 0.478 e. The maximum absolute atomic E-state index is 10.6. The van der Waals surface area contributed by atoms with Crippen molar-refractivity contribution in [3.8, 4) is 0 Å². The van der Waals surface area contributed by atoms with Gasteiger partial charge in [0.25, 0.3) is 0 Å². The van der Waals surface area contributed by atoms with E-state index in [9.17, 15) is 4.79 Å². The first-order valence-electron chi connectivity index (χ1n) is 4.14. The molecule has 0 bridgehead atoms. The lowest BCUT2D eigenvalue weighted by atomic mass is 9.98. The summed E-state index contributed by atoms with van der Waals surface area (Å²) >= 11 is 0. The van der Waals surface area contributed by atoms with Gasteiger partial charge in [-0.25, -0.2) is 4.79 Å². The van der Waals surface area contributed by atoms with Crippen LogP contribution in [0.15, 0.2) is 11.1 Å². The zero-order valence-corrected chi connectivity index (χ0v) is 7.46. The van der Waals surface area contributed by atoms with E-state index in [0.717, 1.165) is 18.4 Å². The monoisotopic (exact) mass is 170 g/mol. The predicted octanol–water partition coefficient (Wildman–Crippen LogP) is 1.59. The molecule has 0 aromatic carbocycles. The maximum Gasteiger partial charge on any atom is 0.331 e. The van der Waals surface area contributed by atoms with Gasteiger partial charge in [-0.3, -0.25) is 0 Å². The highest BCUT2D eigenvalue weighted by atomic mass is 16.5. The van der Waals surface area contributed by atoms with E-state index < -0.39 is 5.97 Å². The minimum atomic E-state index is -0.806. The van der Waals surface area contributed by atoms with E-state index in [1.165, 1.54) is 0 Å². The molecule has 1 aliphatic rings. The Morgan fingerprint density at radius 1 is 1.67 bits per heavy atom. The Morgan fingerprint density at radius 3 is 2.83 bits per heavy atom. The van der Waals surface area contributed by atoms with Crippen LogP contribution >= 0.6 is 0 Å². The highest BCUT2D eigenvalue weighted by Crippen LogP contribution is 2.22. The molecule has 3 nitrogen and oxygen atoms in total. The van der Waals surface area contributed by atoms with E-state index >= 15 is 0 Å². The molecule has 68 valence electrons. The van der Waals surface area contributed by atoms with Gasteiger partial charge in [0.05, 0.1) is 12.7 Å². The van der Waals surface area contributed by atoms with E-state index in [0.29, 0.717) is 12.2 Å². The molecular weight excluding hydrogens is 156 g/mol. The number of aliphatic carboxylic acids is 1. The molecule has 0 aromatic heterocycles. The third-order valence-electron chi connectivity index (χ3n) is 2.19. The van der Waals surface area contributed by atoms with Gasteiger partial charge < -0.3 is 9.84 Å². The van der Waals surface area contributed by atoms with E-state index in [4.69, 9.17) is 9.84 Å². The van der Waals surface area contributed by atoms with E-state index in [2.05, 4.69) is 0 Å². The molecule has 0 spiro atoms. The Bertz CT molecular complexity index is 218. The highest BCUT2D eigenvalue weighted by molar-refractivity contribution is 5.86. The van der Waals surface area contributed by atoms with E-state index in [-0.39, 0.29) is 6.10 Å². The number of carbonyl (C=O) groups is 1. The topological polar surface area (TPSA) is 46.5 Å². The fourth-order valence-electron chi connectivity index (χ4n) is 1.38. The summed E-state index contributed by atoms with van der Waals surface area (Å²) in [6, 6.07) is 0. The minimum Gasteiger partial charge on any atom is -0.478 e. The summed E-state index contributed by atoms with van der Waals surface area (Å²) in [6.45, 7) is 4.28. The first-order chi connectivity index (χ1) is 5.61. The maximum atomic E-state index is 10.6. The van der Waals surface area contributed by atoms with Crippen LogP contribution < -0.4 is 0 Å². The van der Waals surface area contributed by atoms with Crippen LogP contribution in [-0.2, 0) is 9.53 Å². The van der Waals surface area contributed by atoms with Crippen LogP contribution in [0.3, 0.4) is 0 Å². The lowest BCUT2D eigenvalue weighted by Gasteiger charge is -2.22. The van der Waals surface area contributed by atoms with Crippen LogP contribution in [0.25, 0.3) is 0 Å². The molecule has 0 amide bonds. The average Bonchev–Trinajstić information content (AvgIpc) is 2.03. The summed E-state index contributed by atoms with van der Waals surface area (Å²) in [7, 11) is 0. The second-order valence-electron chi connectivity index (χ2n) is 3.17.